The summed E-state index contributed by atoms with van der Waals surface area (Å²) in [6.07, 6.45) is 10.9. The molecule has 124 heavy (non-hydrogen) atoms. The number of hydrogen-bond acceptors (Lipinski definition) is 32. The lowest BCUT2D eigenvalue weighted by Crippen LogP contribution is -2.53. The van der Waals surface area contributed by atoms with Crippen LogP contribution in [0.25, 0.3) is 22.3 Å². The number of ketones is 2. The van der Waals surface area contributed by atoms with Crippen molar-refractivity contribution in [2.24, 2.45) is 28.3 Å². The summed E-state index contributed by atoms with van der Waals surface area (Å²) in [7, 11) is 9.69. The van der Waals surface area contributed by atoms with Gasteiger partial charge in [0.05, 0.1) is 44.5 Å². The fraction of sp³-hybridized carbons (Fsp3) is 0.471. The first-order valence-corrected chi connectivity index (χ1v) is 41.7. The number of benzene rings is 4. The number of alkyl halides is 1. The van der Waals surface area contributed by atoms with Crippen LogP contribution in [-0.4, -0.2) is 214 Å². The molecule has 0 unspecified atom stereocenters. The molecule has 5 amide bonds. The summed E-state index contributed by atoms with van der Waals surface area (Å²) >= 11 is 3.27. The number of nitrogen functional groups attached to an aromatic ring is 4. The number of hydrogen-bond donors (Lipinski definition) is 15. The van der Waals surface area contributed by atoms with Gasteiger partial charge in [0.1, 0.15) is 30.5 Å². The van der Waals surface area contributed by atoms with Gasteiger partial charge in [-0.15, -0.1) is 0 Å². The largest absolute Gasteiger partial charge is 0.493 e. The first-order chi connectivity index (χ1) is 59.2. The molecular weight excluding hydrogens is 1660 g/mol. The molecule has 0 aliphatic carbocycles. The van der Waals surface area contributed by atoms with Crippen molar-refractivity contribution in [1.29, 1.82) is 0 Å². The Balaban J connectivity index is 0.000000429. The van der Waals surface area contributed by atoms with Crippen LogP contribution < -0.4 is 91.6 Å². The van der Waals surface area contributed by atoms with Gasteiger partial charge in [0.15, 0.2) is 51.2 Å². The van der Waals surface area contributed by atoms with E-state index in [1.807, 2.05) is 76.3 Å². The van der Waals surface area contributed by atoms with Crippen molar-refractivity contribution < 1.29 is 72.3 Å². The molecule has 9 rings (SSSR count). The van der Waals surface area contributed by atoms with Crippen molar-refractivity contribution in [1.82, 2.24) is 66.0 Å². The van der Waals surface area contributed by atoms with E-state index < -0.39 is 59.0 Å². The minimum atomic E-state index is -1.24. The first-order valence-electron chi connectivity index (χ1n) is 40.6. The Kier molecular flexibility index (Phi) is 48.9. The Bertz CT molecular complexity index is 4660. The Hall–Kier alpha value is -12.2. The molecule has 0 bridgehead atoms. The number of carboxylic acids is 1. The van der Waals surface area contributed by atoms with Gasteiger partial charge < -0.3 is 111 Å². The summed E-state index contributed by atoms with van der Waals surface area (Å²) in [4.78, 5) is 146. The molecule has 1 saturated heterocycles. The molecule has 0 radical (unpaired) electrons. The van der Waals surface area contributed by atoms with Crippen LogP contribution >= 0.6 is 15.9 Å². The fourth-order valence-electron chi connectivity index (χ4n) is 11.3. The number of primary amides is 1. The third kappa shape index (κ3) is 37.3. The second-order valence-corrected chi connectivity index (χ2v) is 29.4. The number of ether oxygens (including phenoxy) is 4. The number of likely N-dealkylation sites (tertiary alicyclic amines) is 1. The second kappa shape index (κ2) is 57.2. The molecule has 1 aliphatic heterocycles. The number of nitrogens with one attached hydrogen (secondary N) is 5. The molecule has 23 N–H and O–H groups in total. The van der Waals surface area contributed by atoms with E-state index in [-0.39, 0.29) is 72.2 Å². The van der Waals surface area contributed by atoms with E-state index in [0.717, 1.165) is 75.2 Å². The number of rotatable bonds is 38. The summed E-state index contributed by atoms with van der Waals surface area (Å²) in [5.74, 6) is -2.12. The predicted molar refractivity (Wildman–Crippen MR) is 483 cm³/mol. The minimum absolute atomic E-state index is 0.0193. The number of amides is 5. The van der Waals surface area contributed by atoms with Crippen LogP contribution in [0, 0.1) is 5.41 Å². The zero-order chi connectivity index (χ0) is 92.4. The van der Waals surface area contributed by atoms with Crippen LogP contribution in [0.2, 0.25) is 0 Å². The zero-order valence-corrected chi connectivity index (χ0v) is 74.6. The Morgan fingerprint density at radius 2 is 1.28 bits per heavy atom. The highest BCUT2D eigenvalue weighted by Gasteiger charge is 2.41. The van der Waals surface area contributed by atoms with Crippen molar-refractivity contribution in [2.45, 2.75) is 168 Å². The molecule has 0 saturated carbocycles. The van der Waals surface area contributed by atoms with Gasteiger partial charge in [-0.3, -0.25) is 33.6 Å². The first kappa shape index (κ1) is 106. The quantitative estimate of drug-likeness (QED) is 0.00858. The number of fused-ring (bicyclic) bond motifs is 2. The molecule has 4 atom stereocenters. The number of aliphatic carboxylic acids is 1. The lowest BCUT2D eigenvalue weighted by molar-refractivity contribution is -0.164. The number of aliphatic hydroxyl groups is 1. The monoisotopic (exact) mass is 1790 g/mol. The average molecular weight is 1790 g/mol. The van der Waals surface area contributed by atoms with Gasteiger partial charge in [-0.2, -0.15) is 19.9 Å². The molecule has 39 heteroatoms. The summed E-state index contributed by atoms with van der Waals surface area (Å²) in [6, 6.07) is 24.5. The SMILES string of the molecule is CCC(C)(C)C(=O)C(=O)N1CCCC[C@H]1C(=O)O[C@H](CCc1ccc(OC)c(OC)c1)c1cccc(OCC(C)=O)c1.CCCCN.CN(Cc1cnc2nc(N)nc(N)c2n1)c1ccc(C(=O)N[C@@H](CCC(N)=O)C(=O)O)cc1.CNCCCNC(=O)CC[C@@H](C)NC(=O)c1ccc(NC)cc1.CO.NCCCN.Nc1nc(N)c2nc(CBr)cnc2n1. The number of piperidine rings is 1. The maximum Gasteiger partial charge on any atom is 0.329 e. The topological polar surface area (TPSA) is 609 Å². The molecular formula is C85H126BrN23O15. The van der Waals surface area contributed by atoms with Gasteiger partial charge in [-0.1, -0.05) is 68.2 Å². The van der Waals surface area contributed by atoms with E-state index in [9.17, 15) is 48.3 Å². The van der Waals surface area contributed by atoms with Crippen molar-refractivity contribution >= 4 is 126 Å². The predicted octanol–water partition coefficient (Wildman–Crippen LogP) is 6.42. The van der Waals surface area contributed by atoms with E-state index in [2.05, 4.69) is 89.3 Å². The lowest BCUT2D eigenvalue weighted by atomic mass is 9.84. The number of esters is 1. The van der Waals surface area contributed by atoms with Gasteiger partial charge in [0.25, 0.3) is 17.7 Å². The fourth-order valence-corrected chi connectivity index (χ4v) is 11.6. The van der Waals surface area contributed by atoms with Crippen molar-refractivity contribution in [3.63, 3.8) is 0 Å². The van der Waals surface area contributed by atoms with Crippen LogP contribution in [-0.2, 0) is 56.6 Å². The molecule has 1 fully saturated rings. The normalized spacial score (nSPS) is 12.6. The third-order valence-corrected chi connectivity index (χ3v) is 19.3. The maximum atomic E-state index is 13.7. The van der Waals surface area contributed by atoms with Gasteiger partial charge in [-0.25, -0.2) is 29.5 Å². The number of halogens is 1. The van der Waals surface area contributed by atoms with E-state index in [4.69, 9.17) is 69.9 Å². The van der Waals surface area contributed by atoms with E-state index >= 15 is 0 Å². The number of nitrogens with two attached hydrogens (primary N) is 8. The summed E-state index contributed by atoms with van der Waals surface area (Å²) < 4.78 is 22.5. The van der Waals surface area contributed by atoms with Gasteiger partial charge in [0.2, 0.25) is 29.5 Å². The van der Waals surface area contributed by atoms with Crippen LogP contribution in [0.3, 0.4) is 0 Å². The molecule has 4 aromatic carbocycles. The number of unbranched alkanes of at least 4 members (excludes halogenated alkanes) is 1. The van der Waals surface area contributed by atoms with E-state index in [0.29, 0.717) is 126 Å². The number of nitrogens with zero attached hydrogens (tertiary/aromatic N) is 10. The van der Waals surface area contributed by atoms with Crippen molar-refractivity contribution in [2.75, 3.05) is 121 Å². The standard InChI is InChI=1S/C33H43NO8.C20H23N9O4.C17H28N4O2.C7H7BrN6.C4H11N.C3H10N2.CH4O/c1-7-33(3,4)30(36)31(37)34-18-9-8-13-26(34)32(38)42-27(24-11-10-12-25(20-24)41-21-22(2)35)16-14-23-15-17-28(39-5)29(19-23)40-6;1-29(9-11-8-24-17-15(25-11)16(22)27-20(23)28-17)12-4-2-10(3-5-12)18(31)26-13(19(32)33)6-7-14(21)30;1-13(5-10-16(22)20-12-4-11-18-2)21-17(23)14-6-8-15(19-3)9-7-14;8-1-3-2-11-6-4(12-3)5(9)13-7(10)14-6;1-2-3-4-5;4-2-1-3-5;1-2/h10-12,15,17,19-20,26-27H,7-9,13-14,16,18,21H2,1-6H3;2-5,8,13H,6-7,9H2,1H3,(H2,21,30)(H,26,31)(H,32,33)(H4,22,23,24,27,28);6-9,13,18-19H,4-5,10-12H2,1-3H3,(H,20,22)(H,21,23);2H,1H2,(H4,9,10,11,13,14);2-5H2,1H3;1-5H2;2H,1H3/t26-,27+;2*13-;;;;/m001..../s1. The van der Waals surface area contributed by atoms with Crippen LogP contribution in [0.5, 0.6) is 17.2 Å². The summed E-state index contributed by atoms with van der Waals surface area (Å²) in [6.45, 7) is 15.3. The molecule has 38 nitrogen and oxygen atoms in total. The van der Waals surface area contributed by atoms with Crippen LogP contribution in [0.15, 0.2) is 103 Å². The van der Waals surface area contributed by atoms with E-state index in [1.165, 1.54) is 24.7 Å². The van der Waals surface area contributed by atoms with Gasteiger partial charge >= 0.3 is 11.9 Å². The van der Waals surface area contributed by atoms with Gasteiger partial charge in [-0.05, 0) is 202 Å². The van der Waals surface area contributed by atoms with Gasteiger partial charge in [0, 0.05) is 86.4 Å². The highest BCUT2D eigenvalue weighted by Crippen LogP contribution is 2.34. The van der Waals surface area contributed by atoms with Crippen molar-refractivity contribution in [3.8, 4) is 17.2 Å². The maximum absolute atomic E-state index is 13.7. The highest BCUT2D eigenvalue weighted by atomic mass is 79.9. The highest BCUT2D eigenvalue weighted by molar-refractivity contribution is 9.08. The smallest absolute Gasteiger partial charge is 0.329 e. The molecule has 1 aliphatic rings. The number of carbonyl (C=O) groups is 9. The average Bonchev–Trinajstić information content (AvgIpc) is 0.840. The molecule has 4 aromatic heterocycles. The van der Waals surface area contributed by atoms with Crippen molar-refractivity contribution in [3.05, 3.63) is 137 Å². The number of aromatic nitrogens is 8. The number of carbonyl (C=O) groups excluding carboxylic acids is 8. The number of aryl methyl sites for hydroxylation is 1. The minimum Gasteiger partial charge on any atom is -0.493 e. The Morgan fingerprint density at radius 1 is 0.694 bits per heavy atom. The van der Waals surface area contributed by atoms with Crippen LogP contribution in [0.4, 0.5) is 34.9 Å². The number of anilines is 6. The number of methoxy groups -OCH3 is 2. The Morgan fingerprint density at radius 3 is 1.81 bits per heavy atom. The second-order valence-electron chi connectivity index (χ2n) is 28.8. The lowest BCUT2D eigenvalue weighted by Gasteiger charge is -2.36. The number of aliphatic hydroxyl groups excluding tert-OH is 1. The molecule has 8 aromatic rings. The summed E-state index contributed by atoms with van der Waals surface area (Å²) in [5, 5.41) is 31.1. The molecule has 678 valence electrons. The third-order valence-electron chi connectivity index (χ3n) is 18.7. The number of carboxylic acid groups (broad SMARTS) is 1. The number of Topliss-reactive ketones (excluding diaryl/α,β-unsaturated/α-hetero) is 2. The summed E-state index contributed by atoms with van der Waals surface area (Å²) in [5.41, 5.74) is 49.2. The van der Waals surface area contributed by atoms with Crippen LogP contribution in [0.1, 0.15) is 174 Å². The van der Waals surface area contributed by atoms with E-state index in [1.54, 1.807) is 95.1 Å². The zero-order valence-electron chi connectivity index (χ0n) is 73.1. The molecule has 0 spiro atoms. The molecule has 5 heterocycles. The Labute approximate surface area is 732 Å².